The number of hydrogen-bond donors (Lipinski definition) is 0. The molecule has 0 radical (unpaired) electrons. The van der Waals surface area contributed by atoms with E-state index in [4.69, 9.17) is 4.99 Å². The summed E-state index contributed by atoms with van der Waals surface area (Å²) in [7, 11) is 0. The van der Waals surface area contributed by atoms with E-state index in [1.807, 2.05) is 0 Å². The minimum Gasteiger partial charge on any atom is -0.289 e. The summed E-state index contributed by atoms with van der Waals surface area (Å²) in [6.07, 6.45) is 2.37. The van der Waals surface area contributed by atoms with Crippen molar-refractivity contribution in [2.45, 2.75) is 33.6 Å². The highest BCUT2D eigenvalue weighted by atomic mass is 14.8. The zero-order valence-electron chi connectivity index (χ0n) is 9.88. The van der Waals surface area contributed by atoms with Crippen LogP contribution in [0.2, 0.25) is 0 Å². The molecule has 1 aromatic rings. The molecule has 0 bridgehead atoms. The SMILES string of the molecule is Cc1ccc(C2=NCC(C)(C)CC2)cc1. The van der Waals surface area contributed by atoms with Crippen LogP contribution in [0.3, 0.4) is 0 Å². The van der Waals surface area contributed by atoms with Crippen LogP contribution in [0.15, 0.2) is 29.3 Å². The van der Waals surface area contributed by atoms with Crippen LogP contribution in [0.4, 0.5) is 0 Å². The molecule has 0 unspecified atom stereocenters. The molecule has 1 aromatic carbocycles. The lowest BCUT2D eigenvalue weighted by Gasteiger charge is -2.27. The summed E-state index contributed by atoms with van der Waals surface area (Å²) in [5.74, 6) is 0. The van der Waals surface area contributed by atoms with Crippen LogP contribution in [0.5, 0.6) is 0 Å². The van der Waals surface area contributed by atoms with Gasteiger partial charge in [-0.2, -0.15) is 0 Å². The van der Waals surface area contributed by atoms with E-state index in [2.05, 4.69) is 45.0 Å². The lowest BCUT2D eigenvalue weighted by molar-refractivity contribution is 0.343. The predicted octanol–water partition coefficient (Wildman–Crippen LogP) is 3.60. The van der Waals surface area contributed by atoms with Gasteiger partial charge in [0.05, 0.1) is 0 Å². The summed E-state index contributed by atoms with van der Waals surface area (Å²) >= 11 is 0. The van der Waals surface area contributed by atoms with Crippen molar-refractivity contribution in [1.29, 1.82) is 0 Å². The molecule has 1 aliphatic rings. The first kappa shape index (κ1) is 10.4. The Balaban J connectivity index is 2.19. The quantitative estimate of drug-likeness (QED) is 0.658. The summed E-state index contributed by atoms with van der Waals surface area (Å²) in [6, 6.07) is 8.70. The first-order valence-corrected chi connectivity index (χ1v) is 5.67. The summed E-state index contributed by atoms with van der Waals surface area (Å²) in [5.41, 5.74) is 4.30. The number of aliphatic imine (C=N–C) groups is 1. The Hall–Kier alpha value is -1.11. The second kappa shape index (κ2) is 3.80. The third kappa shape index (κ3) is 2.47. The van der Waals surface area contributed by atoms with Gasteiger partial charge in [-0.3, -0.25) is 4.99 Å². The van der Waals surface area contributed by atoms with E-state index < -0.39 is 0 Å². The van der Waals surface area contributed by atoms with Gasteiger partial charge in [-0.1, -0.05) is 43.7 Å². The lowest BCUT2D eigenvalue weighted by atomic mass is 9.83. The third-order valence-corrected chi connectivity index (χ3v) is 3.12. The van der Waals surface area contributed by atoms with Crippen LogP contribution in [0.25, 0.3) is 0 Å². The molecule has 0 fully saturated rings. The largest absolute Gasteiger partial charge is 0.289 e. The van der Waals surface area contributed by atoms with Crippen molar-refractivity contribution in [3.05, 3.63) is 35.4 Å². The Bertz CT molecular complexity index is 371. The highest BCUT2D eigenvalue weighted by molar-refractivity contribution is 6.01. The number of aryl methyl sites for hydroxylation is 1. The zero-order chi connectivity index (χ0) is 10.9. The molecule has 80 valence electrons. The summed E-state index contributed by atoms with van der Waals surface area (Å²) in [4.78, 5) is 4.70. The van der Waals surface area contributed by atoms with Crippen LogP contribution in [-0.2, 0) is 0 Å². The van der Waals surface area contributed by atoms with E-state index in [9.17, 15) is 0 Å². The Labute approximate surface area is 92.2 Å². The summed E-state index contributed by atoms with van der Waals surface area (Å²) < 4.78 is 0. The summed E-state index contributed by atoms with van der Waals surface area (Å²) in [6.45, 7) is 7.68. The van der Waals surface area contributed by atoms with Crippen LogP contribution < -0.4 is 0 Å². The van der Waals surface area contributed by atoms with Gasteiger partial charge in [0, 0.05) is 12.3 Å². The molecule has 0 saturated carbocycles. The molecule has 15 heavy (non-hydrogen) atoms. The monoisotopic (exact) mass is 201 g/mol. The van der Waals surface area contributed by atoms with E-state index in [1.54, 1.807) is 0 Å². The van der Waals surface area contributed by atoms with Crippen molar-refractivity contribution in [2.75, 3.05) is 6.54 Å². The minimum absolute atomic E-state index is 0.397. The van der Waals surface area contributed by atoms with Gasteiger partial charge >= 0.3 is 0 Å². The fraction of sp³-hybridized carbons (Fsp3) is 0.500. The van der Waals surface area contributed by atoms with Crippen LogP contribution in [-0.4, -0.2) is 12.3 Å². The van der Waals surface area contributed by atoms with Crippen molar-refractivity contribution in [3.63, 3.8) is 0 Å². The molecular weight excluding hydrogens is 182 g/mol. The molecular formula is C14H19N. The standard InChI is InChI=1S/C14H19N/c1-11-4-6-12(7-5-11)13-8-9-14(2,3)10-15-13/h4-7H,8-10H2,1-3H3. The maximum absolute atomic E-state index is 4.70. The van der Waals surface area contributed by atoms with Crippen molar-refractivity contribution >= 4 is 5.71 Å². The molecule has 0 aromatic heterocycles. The van der Waals surface area contributed by atoms with Gasteiger partial charge in [-0.15, -0.1) is 0 Å². The second-order valence-corrected chi connectivity index (χ2v) is 5.29. The molecule has 2 rings (SSSR count). The molecule has 1 nitrogen and oxygen atoms in total. The van der Waals surface area contributed by atoms with E-state index in [1.165, 1.54) is 23.3 Å². The Morgan fingerprint density at radius 1 is 1.13 bits per heavy atom. The molecule has 0 saturated heterocycles. The first-order chi connectivity index (χ1) is 7.07. The number of hydrogen-bond acceptors (Lipinski definition) is 1. The van der Waals surface area contributed by atoms with Gasteiger partial charge in [-0.05, 0) is 30.7 Å². The Kier molecular flexibility index (Phi) is 2.64. The van der Waals surface area contributed by atoms with Gasteiger partial charge in [0.25, 0.3) is 0 Å². The third-order valence-electron chi connectivity index (χ3n) is 3.12. The molecule has 0 atom stereocenters. The van der Waals surface area contributed by atoms with Crippen molar-refractivity contribution < 1.29 is 0 Å². The van der Waals surface area contributed by atoms with E-state index in [0.717, 1.165) is 13.0 Å². The van der Waals surface area contributed by atoms with Gasteiger partial charge in [0.1, 0.15) is 0 Å². The maximum Gasteiger partial charge on any atom is 0.0444 e. The maximum atomic E-state index is 4.70. The molecule has 1 heterocycles. The second-order valence-electron chi connectivity index (χ2n) is 5.29. The predicted molar refractivity (Wildman–Crippen MR) is 65.6 cm³/mol. The van der Waals surface area contributed by atoms with Gasteiger partial charge in [0.15, 0.2) is 0 Å². The Morgan fingerprint density at radius 3 is 2.33 bits per heavy atom. The minimum atomic E-state index is 0.397. The highest BCUT2D eigenvalue weighted by Crippen LogP contribution is 2.28. The van der Waals surface area contributed by atoms with Crippen molar-refractivity contribution in [1.82, 2.24) is 0 Å². The number of rotatable bonds is 1. The summed E-state index contributed by atoms with van der Waals surface area (Å²) in [5, 5.41) is 0. The normalized spacial score (nSPS) is 19.8. The van der Waals surface area contributed by atoms with Crippen molar-refractivity contribution in [3.8, 4) is 0 Å². The molecule has 0 amide bonds. The zero-order valence-corrected chi connectivity index (χ0v) is 9.88. The average molecular weight is 201 g/mol. The van der Waals surface area contributed by atoms with Crippen molar-refractivity contribution in [2.24, 2.45) is 10.4 Å². The Morgan fingerprint density at radius 2 is 1.80 bits per heavy atom. The van der Waals surface area contributed by atoms with E-state index in [-0.39, 0.29) is 0 Å². The highest BCUT2D eigenvalue weighted by Gasteiger charge is 2.22. The molecule has 1 heteroatoms. The molecule has 0 spiro atoms. The molecule has 1 aliphatic heterocycles. The van der Waals surface area contributed by atoms with E-state index in [0.29, 0.717) is 5.41 Å². The number of nitrogens with zero attached hydrogens (tertiary/aromatic N) is 1. The van der Waals surface area contributed by atoms with Gasteiger partial charge in [0.2, 0.25) is 0 Å². The first-order valence-electron chi connectivity index (χ1n) is 5.67. The van der Waals surface area contributed by atoms with E-state index >= 15 is 0 Å². The molecule has 0 N–H and O–H groups in total. The molecule has 0 aliphatic carbocycles. The smallest absolute Gasteiger partial charge is 0.0444 e. The van der Waals surface area contributed by atoms with Crippen LogP contribution in [0.1, 0.15) is 37.8 Å². The fourth-order valence-corrected chi connectivity index (χ4v) is 1.91. The van der Waals surface area contributed by atoms with Crippen LogP contribution >= 0.6 is 0 Å². The van der Waals surface area contributed by atoms with Gasteiger partial charge < -0.3 is 0 Å². The van der Waals surface area contributed by atoms with Crippen LogP contribution in [0, 0.1) is 12.3 Å². The van der Waals surface area contributed by atoms with Gasteiger partial charge in [-0.25, -0.2) is 0 Å². The lowest BCUT2D eigenvalue weighted by Crippen LogP contribution is -2.23. The fourth-order valence-electron chi connectivity index (χ4n) is 1.91. The number of benzene rings is 1. The topological polar surface area (TPSA) is 12.4 Å². The average Bonchev–Trinajstić information content (AvgIpc) is 2.20.